The van der Waals surface area contributed by atoms with Crippen molar-refractivity contribution >= 4 is 6.09 Å². The van der Waals surface area contributed by atoms with Gasteiger partial charge >= 0.3 is 6.09 Å². The molecule has 0 aliphatic heterocycles. The molecule has 1 aromatic carbocycles. The van der Waals surface area contributed by atoms with Crippen molar-refractivity contribution in [2.45, 2.75) is 31.9 Å². The van der Waals surface area contributed by atoms with E-state index in [9.17, 15) is 9.90 Å². The van der Waals surface area contributed by atoms with Gasteiger partial charge in [0.15, 0.2) is 0 Å². The number of aliphatic hydroxyl groups excluding tert-OH is 1. The van der Waals surface area contributed by atoms with Crippen molar-refractivity contribution in [2.75, 3.05) is 0 Å². The topological polar surface area (TPSA) is 69.6 Å². The quantitative estimate of drug-likeness (QED) is 0.705. The van der Waals surface area contributed by atoms with Crippen LogP contribution in [-0.4, -0.2) is 22.3 Å². The third kappa shape index (κ3) is 2.17. The second kappa shape index (κ2) is 4.53. The van der Waals surface area contributed by atoms with E-state index in [2.05, 4.69) is 5.32 Å². The Hall–Kier alpha value is -1.55. The number of hydrogen-bond donors (Lipinski definition) is 3. The number of hydrogen-bond acceptors (Lipinski definition) is 2. The molecule has 1 aliphatic rings. The van der Waals surface area contributed by atoms with Crippen molar-refractivity contribution in [2.24, 2.45) is 0 Å². The largest absolute Gasteiger partial charge is 0.465 e. The maximum atomic E-state index is 10.6. The first-order valence-corrected chi connectivity index (χ1v) is 5.40. The summed E-state index contributed by atoms with van der Waals surface area (Å²) in [6.45, 7) is 0.0168. The van der Waals surface area contributed by atoms with Crippen LogP contribution >= 0.6 is 0 Å². The third-order valence-corrected chi connectivity index (χ3v) is 3.08. The van der Waals surface area contributed by atoms with Gasteiger partial charge in [-0.2, -0.15) is 0 Å². The van der Waals surface area contributed by atoms with Crippen molar-refractivity contribution in [1.82, 2.24) is 5.32 Å². The van der Waals surface area contributed by atoms with Gasteiger partial charge in [0.05, 0.1) is 6.61 Å². The molecule has 86 valence electrons. The summed E-state index contributed by atoms with van der Waals surface area (Å²) >= 11 is 0. The van der Waals surface area contributed by atoms with Crippen molar-refractivity contribution in [3.63, 3.8) is 0 Å². The van der Waals surface area contributed by atoms with E-state index in [0.717, 1.165) is 24.0 Å². The Morgan fingerprint density at radius 1 is 1.50 bits per heavy atom. The molecule has 0 fully saturated rings. The molecule has 0 saturated heterocycles. The lowest BCUT2D eigenvalue weighted by Crippen LogP contribution is -2.38. The first kappa shape index (κ1) is 11.0. The smallest absolute Gasteiger partial charge is 0.404 e. The molecule has 1 unspecified atom stereocenters. The molecule has 3 N–H and O–H groups in total. The van der Waals surface area contributed by atoms with Crippen LogP contribution in [0, 0.1) is 0 Å². The minimum absolute atomic E-state index is 0.0168. The fourth-order valence-electron chi connectivity index (χ4n) is 2.31. The van der Waals surface area contributed by atoms with E-state index in [1.165, 1.54) is 5.56 Å². The summed E-state index contributed by atoms with van der Waals surface area (Å²) < 4.78 is 0. The van der Waals surface area contributed by atoms with E-state index >= 15 is 0 Å². The maximum Gasteiger partial charge on any atom is 0.404 e. The second-order valence-electron chi connectivity index (χ2n) is 4.10. The van der Waals surface area contributed by atoms with Gasteiger partial charge in [0.25, 0.3) is 0 Å². The Balaban J connectivity index is 2.21. The number of nitrogens with one attached hydrogen (secondary N) is 1. The summed E-state index contributed by atoms with van der Waals surface area (Å²) in [7, 11) is 0. The van der Waals surface area contributed by atoms with Crippen molar-refractivity contribution < 1.29 is 15.0 Å². The molecular weight excluding hydrogens is 206 g/mol. The third-order valence-electron chi connectivity index (χ3n) is 3.08. The molecule has 0 spiro atoms. The maximum absolute atomic E-state index is 10.6. The van der Waals surface area contributed by atoms with Crippen LogP contribution in [0.4, 0.5) is 4.79 Å². The number of aryl methyl sites for hydroxylation is 1. The van der Waals surface area contributed by atoms with Crippen LogP contribution in [0.25, 0.3) is 0 Å². The zero-order chi connectivity index (χ0) is 11.5. The van der Waals surface area contributed by atoms with Gasteiger partial charge in [-0.1, -0.05) is 18.2 Å². The van der Waals surface area contributed by atoms with E-state index in [0.29, 0.717) is 6.42 Å². The Morgan fingerprint density at radius 3 is 3.00 bits per heavy atom. The van der Waals surface area contributed by atoms with Crippen LogP contribution in [0.5, 0.6) is 0 Å². The van der Waals surface area contributed by atoms with Crippen LogP contribution in [-0.2, 0) is 19.4 Å². The van der Waals surface area contributed by atoms with Crippen molar-refractivity contribution in [3.05, 3.63) is 34.9 Å². The predicted molar refractivity (Wildman–Crippen MR) is 59.3 cm³/mol. The Kier molecular flexibility index (Phi) is 3.10. The van der Waals surface area contributed by atoms with Gasteiger partial charge < -0.3 is 15.5 Å². The minimum atomic E-state index is -0.977. The van der Waals surface area contributed by atoms with Gasteiger partial charge in [-0.05, 0) is 36.0 Å². The molecule has 1 aromatic rings. The van der Waals surface area contributed by atoms with Crippen LogP contribution in [0.3, 0.4) is 0 Å². The molecule has 1 amide bonds. The van der Waals surface area contributed by atoms with E-state index in [1.807, 2.05) is 18.2 Å². The average Bonchev–Trinajstić information content (AvgIpc) is 2.27. The molecule has 2 rings (SSSR count). The lowest BCUT2D eigenvalue weighted by atomic mass is 9.85. The molecule has 0 heterocycles. The predicted octanol–water partition coefficient (Wildman–Crippen LogP) is 1.30. The van der Waals surface area contributed by atoms with Gasteiger partial charge in [0, 0.05) is 6.04 Å². The average molecular weight is 221 g/mol. The summed E-state index contributed by atoms with van der Waals surface area (Å²) in [5.41, 5.74) is 3.25. The molecule has 4 nitrogen and oxygen atoms in total. The number of benzene rings is 1. The monoisotopic (exact) mass is 221 g/mol. The Morgan fingerprint density at radius 2 is 2.31 bits per heavy atom. The lowest BCUT2D eigenvalue weighted by Gasteiger charge is -2.26. The number of amides is 1. The van der Waals surface area contributed by atoms with Gasteiger partial charge in [-0.25, -0.2) is 4.79 Å². The molecule has 0 bridgehead atoms. The highest BCUT2D eigenvalue weighted by molar-refractivity contribution is 5.65. The van der Waals surface area contributed by atoms with Crippen LogP contribution < -0.4 is 5.32 Å². The summed E-state index contributed by atoms with van der Waals surface area (Å²) in [6.07, 6.45) is 1.40. The fourth-order valence-corrected chi connectivity index (χ4v) is 2.31. The minimum Gasteiger partial charge on any atom is -0.465 e. The molecule has 16 heavy (non-hydrogen) atoms. The van der Waals surface area contributed by atoms with E-state index in [1.54, 1.807) is 0 Å². The molecule has 0 saturated carbocycles. The number of carboxylic acid groups (broad SMARTS) is 1. The molecular formula is C12H15NO3. The van der Waals surface area contributed by atoms with E-state index in [4.69, 9.17) is 5.11 Å². The molecule has 0 radical (unpaired) electrons. The zero-order valence-electron chi connectivity index (χ0n) is 8.94. The van der Waals surface area contributed by atoms with E-state index in [-0.39, 0.29) is 12.6 Å². The summed E-state index contributed by atoms with van der Waals surface area (Å²) in [4.78, 5) is 10.6. The van der Waals surface area contributed by atoms with Gasteiger partial charge in [0.1, 0.15) is 0 Å². The molecule has 1 aliphatic carbocycles. The van der Waals surface area contributed by atoms with Crippen LogP contribution in [0.1, 0.15) is 23.1 Å². The highest BCUT2D eigenvalue weighted by Gasteiger charge is 2.21. The first-order chi connectivity index (χ1) is 7.70. The van der Waals surface area contributed by atoms with Gasteiger partial charge in [-0.3, -0.25) is 0 Å². The first-order valence-electron chi connectivity index (χ1n) is 5.40. The van der Waals surface area contributed by atoms with E-state index < -0.39 is 6.09 Å². The SMILES string of the molecule is O=C(O)NC1CCc2cccc(CO)c2C1. The number of carbonyl (C=O) groups is 1. The van der Waals surface area contributed by atoms with Crippen LogP contribution in [0.15, 0.2) is 18.2 Å². The summed E-state index contributed by atoms with van der Waals surface area (Å²) in [5, 5.41) is 20.4. The fraction of sp³-hybridized carbons (Fsp3) is 0.417. The summed E-state index contributed by atoms with van der Waals surface area (Å²) in [5.74, 6) is 0. The van der Waals surface area contributed by atoms with Crippen molar-refractivity contribution in [3.8, 4) is 0 Å². The molecule has 4 heteroatoms. The molecule has 1 atom stereocenters. The van der Waals surface area contributed by atoms with Crippen molar-refractivity contribution in [1.29, 1.82) is 0 Å². The zero-order valence-corrected chi connectivity index (χ0v) is 8.94. The summed E-state index contributed by atoms with van der Waals surface area (Å²) in [6, 6.07) is 5.85. The lowest BCUT2D eigenvalue weighted by molar-refractivity contribution is 0.188. The Bertz CT molecular complexity index is 389. The Labute approximate surface area is 93.9 Å². The second-order valence-corrected chi connectivity index (χ2v) is 4.10. The number of fused-ring (bicyclic) bond motifs is 1. The highest BCUT2D eigenvalue weighted by atomic mass is 16.4. The van der Waals surface area contributed by atoms with Gasteiger partial charge in [-0.15, -0.1) is 0 Å². The van der Waals surface area contributed by atoms with Gasteiger partial charge in [0.2, 0.25) is 0 Å². The van der Waals surface area contributed by atoms with Crippen LogP contribution in [0.2, 0.25) is 0 Å². The number of rotatable bonds is 2. The molecule has 0 aromatic heterocycles. The highest BCUT2D eigenvalue weighted by Crippen LogP contribution is 2.24. The standard InChI is InChI=1S/C12H15NO3/c14-7-9-3-1-2-8-4-5-10(6-11(8)9)13-12(15)16/h1-3,10,13-14H,4-7H2,(H,15,16). The number of aliphatic hydroxyl groups is 1. The normalized spacial score (nSPS) is 18.9.